The average molecular weight is 339 g/mol. The molecule has 0 amide bonds. The summed E-state index contributed by atoms with van der Waals surface area (Å²) in [6.07, 6.45) is 1.58. The molecule has 0 radical (unpaired) electrons. The highest BCUT2D eigenvalue weighted by Crippen LogP contribution is 2.27. The highest BCUT2D eigenvalue weighted by Gasteiger charge is 2.25. The molecule has 0 aliphatic heterocycles. The van der Waals surface area contributed by atoms with Crippen LogP contribution in [0.15, 0.2) is 52.4 Å². The van der Waals surface area contributed by atoms with Gasteiger partial charge in [-0.3, -0.25) is 4.79 Å². The minimum absolute atomic E-state index is 0.225. The second kappa shape index (κ2) is 6.05. The number of H-pyrrole nitrogens is 1. The summed E-state index contributed by atoms with van der Waals surface area (Å²) in [4.78, 5) is 23.4. The zero-order chi connectivity index (χ0) is 17.2. The third-order valence-electron chi connectivity index (χ3n) is 2.86. The van der Waals surface area contributed by atoms with Gasteiger partial charge < -0.3 is 15.2 Å². The third-order valence-corrected chi connectivity index (χ3v) is 4.67. The fourth-order valence-corrected chi connectivity index (χ4v) is 3.21. The molecular formula is C14H10FNO6S. The fourth-order valence-electron chi connectivity index (χ4n) is 1.78. The van der Waals surface area contributed by atoms with E-state index in [4.69, 9.17) is 5.11 Å². The monoisotopic (exact) mass is 339 g/mol. The number of carbonyl (C=O) groups is 2. The first-order chi connectivity index (χ1) is 10.7. The fraction of sp³-hybridized carbons (Fsp3) is 0. The number of aromatic nitrogens is 1. The van der Waals surface area contributed by atoms with Gasteiger partial charge in [-0.15, -0.1) is 0 Å². The van der Waals surface area contributed by atoms with Crippen molar-refractivity contribution >= 4 is 27.3 Å². The van der Waals surface area contributed by atoms with Gasteiger partial charge in [-0.2, -0.15) is 0 Å². The Hall–Kier alpha value is -2.94. The number of aliphatic carboxylic acids is 1. The molecule has 0 spiro atoms. The number of benzene rings is 1. The van der Waals surface area contributed by atoms with Crippen LogP contribution >= 0.6 is 0 Å². The average Bonchev–Trinajstić information content (AvgIpc) is 2.97. The SMILES string of the molecule is O=C(O)C(=O)C=C(O)c1[nH]ccc1S(=O)(=O)c1ccc(F)cc1. The van der Waals surface area contributed by atoms with E-state index in [1.807, 2.05) is 0 Å². The number of rotatable bonds is 5. The molecule has 7 nitrogen and oxygen atoms in total. The standard InChI is InChI=1S/C14H10FNO6S/c15-8-1-3-9(4-2-8)23(21,22)12-5-6-16-13(12)10(17)7-11(18)14(19)20/h1-7,16-17H,(H,19,20). The van der Waals surface area contributed by atoms with E-state index in [1.54, 1.807) is 0 Å². The summed E-state index contributed by atoms with van der Waals surface area (Å²) in [6, 6.07) is 5.14. The van der Waals surface area contributed by atoms with E-state index in [0.717, 1.165) is 30.3 Å². The maximum atomic E-state index is 12.9. The first kappa shape index (κ1) is 16.4. The predicted octanol–water partition coefficient (Wildman–Crippen LogP) is 1.54. The molecule has 120 valence electrons. The minimum atomic E-state index is -4.10. The van der Waals surface area contributed by atoms with E-state index in [-0.39, 0.29) is 15.5 Å². The molecule has 2 rings (SSSR count). The predicted molar refractivity (Wildman–Crippen MR) is 75.9 cm³/mol. The number of nitrogens with one attached hydrogen (secondary N) is 1. The molecule has 1 aromatic heterocycles. The number of halogens is 1. The lowest BCUT2D eigenvalue weighted by Gasteiger charge is -2.06. The molecule has 0 atom stereocenters. The van der Waals surface area contributed by atoms with Crippen LogP contribution < -0.4 is 0 Å². The van der Waals surface area contributed by atoms with Gasteiger partial charge in [0.1, 0.15) is 16.5 Å². The second-order valence-corrected chi connectivity index (χ2v) is 6.29. The molecule has 0 saturated carbocycles. The summed E-state index contributed by atoms with van der Waals surface area (Å²) in [5, 5.41) is 18.3. The lowest BCUT2D eigenvalue weighted by Crippen LogP contribution is -2.10. The van der Waals surface area contributed by atoms with Crippen LogP contribution in [-0.2, 0) is 19.4 Å². The zero-order valence-electron chi connectivity index (χ0n) is 11.4. The lowest BCUT2D eigenvalue weighted by atomic mass is 10.3. The number of carboxylic acid groups (broad SMARTS) is 1. The Kier molecular flexibility index (Phi) is 4.32. The first-order valence-electron chi connectivity index (χ1n) is 6.10. The van der Waals surface area contributed by atoms with Gasteiger partial charge in [-0.05, 0) is 30.3 Å². The number of carbonyl (C=O) groups excluding carboxylic acids is 1. The molecule has 0 bridgehead atoms. The summed E-state index contributed by atoms with van der Waals surface area (Å²) in [5.74, 6) is -4.68. The Labute approximate surface area is 129 Å². The molecule has 23 heavy (non-hydrogen) atoms. The number of carboxylic acids is 1. The van der Waals surface area contributed by atoms with Crippen molar-refractivity contribution < 1.29 is 32.6 Å². The number of sulfone groups is 1. The zero-order valence-corrected chi connectivity index (χ0v) is 12.2. The summed E-state index contributed by atoms with van der Waals surface area (Å²) < 4.78 is 37.8. The van der Waals surface area contributed by atoms with Crippen molar-refractivity contribution in [2.45, 2.75) is 9.79 Å². The van der Waals surface area contributed by atoms with E-state index in [0.29, 0.717) is 6.08 Å². The highest BCUT2D eigenvalue weighted by molar-refractivity contribution is 7.91. The largest absolute Gasteiger partial charge is 0.506 e. The van der Waals surface area contributed by atoms with Gasteiger partial charge in [-0.25, -0.2) is 17.6 Å². The molecule has 0 unspecified atom stereocenters. The molecule has 3 N–H and O–H groups in total. The van der Waals surface area contributed by atoms with Gasteiger partial charge in [0.2, 0.25) is 9.84 Å². The number of hydrogen-bond donors (Lipinski definition) is 3. The molecule has 2 aromatic rings. The van der Waals surface area contributed by atoms with Gasteiger partial charge in [0.15, 0.2) is 0 Å². The van der Waals surface area contributed by atoms with Crippen molar-refractivity contribution in [2.24, 2.45) is 0 Å². The van der Waals surface area contributed by atoms with Crippen LogP contribution in [0.2, 0.25) is 0 Å². The lowest BCUT2D eigenvalue weighted by molar-refractivity contribution is -0.146. The Morgan fingerprint density at radius 3 is 2.26 bits per heavy atom. The molecule has 0 saturated heterocycles. The Bertz CT molecular complexity index is 896. The van der Waals surface area contributed by atoms with E-state index >= 15 is 0 Å². The van der Waals surface area contributed by atoms with Gasteiger partial charge in [0.25, 0.3) is 5.78 Å². The number of aliphatic hydroxyl groups excluding tert-OH is 1. The number of aliphatic hydroxyl groups is 1. The topological polar surface area (TPSA) is 125 Å². The van der Waals surface area contributed by atoms with Crippen LogP contribution in [0.3, 0.4) is 0 Å². The van der Waals surface area contributed by atoms with Crippen molar-refractivity contribution in [2.75, 3.05) is 0 Å². The summed E-state index contributed by atoms with van der Waals surface area (Å²) in [6.45, 7) is 0. The maximum absolute atomic E-state index is 12.9. The molecule has 0 fully saturated rings. The number of aromatic amines is 1. The number of ketones is 1. The van der Waals surface area contributed by atoms with Gasteiger partial charge in [0, 0.05) is 12.3 Å². The second-order valence-electron chi connectivity index (χ2n) is 4.37. The Morgan fingerprint density at radius 1 is 1.09 bits per heavy atom. The normalized spacial score (nSPS) is 12.1. The van der Waals surface area contributed by atoms with E-state index in [2.05, 4.69) is 4.98 Å². The molecule has 9 heteroatoms. The molecule has 0 aliphatic rings. The van der Waals surface area contributed by atoms with E-state index in [9.17, 15) is 27.5 Å². The van der Waals surface area contributed by atoms with Gasteiger partial charge >= 0.3 is 5.97 Å². The van der Waals surface area contributed by atoms with Crippen molar-refractivity contribution in [1.29, 1.82) is 0 Å². The summed E-state index contributed by atoms with van der Waals surface area (Å²) >= 11 is 0. The van der Waals surface area contributed by atoms with Gasteiger partial charge in [-0.1, -0.05) is 0 Å². The minimum Gasteiger partial charge on any atom is -0.506 e. The van der Waals surface area contributed by atoms with Crippen LogP contribution in [0.5, 0.6) is 0 Å². The smallest absolute Gasteiger partial charge is 0.376 e. The van der Waals surface area contributed by atoms with E-state index in [1.165, 1.54) is 6.20 Å². The van der Waals surface area contributed by atoms with Crippen LogP contribution in [0.25, 0.3) is 5.76 Å². The summed E-state index contributed by atoms with van der Waals surface area (Å²) in [5.41, 5.74) is -0.344. The Balaban J connectivity index is 2.51. The van der Waals surface area contributed by atoms with Crippen LogP contribution in [0.1, 0.15) is 5.69 Å². The van der Waals surface area contributed by atoms with Crippen molar-refractivity contribution in [1.82, 2.24) is 4.98 Å². The molecule has 0 aliphatic carbocycles. The van der Waals surface area contributed by atoms with Crippen molar-refractivity contribution in [3.63, 3.8) is 0 Å². The van der Waals surface area contributed by atoms with E-state index < -0.39 is 33.2 Å². The first-order valence-corrected chi connectivity index (χ1v) is 7.58. The van der Waals surface area contributed by atoms with Crippen LogP contribution in [0, 0.1) is 5.82 Å². The third kappa shape index (κ3) is 3.29. The van der Waals surface area contributed by atoms with Gasteiger partial charge in [0.05, 0.1) is 10.6 Å². The maximum Gasteiger partial charge on any atom is 0.376 e. The molecular weight excluding hydrogens is 329 g/mol. The highest BCUT2D eigenvalue weighted by atomic mass is 32.2. The quantitative estimate of drug-likeness (QED) is 0.328. The van der Waals surface area contributed by atoms with Crippen LogP contribution in [0.4, 0.5) is 4.39 Å². The molecule has 1 heterocycles. The van der Waals surface area contributed by atoms with Crippen molar-refractivity contribution in [3.05, 3.63) is 54.1 Å². The van der Waals surface area contributed by atoms with Crippen LogP contribution in [-0.4, -0.2) is 35.4 Å². The van der Waals surface area contributed by atoms with Crippen molar-refractivity contribution in [3.8, 4) is 0 Å². The Morgan fingerprint density at radius 2 is 1.70 bits per heavy atom. The molecule has 1 aromatic carbocycles. The number of hydrogen-bond acceptors (Lipinski definition) is 5. The summed E-state index contributed by atoms with van der Waals surface area (Å²) in [7, 11) is -4.10.